The van der Waals surface area contributed by atoms with Crippen LogP contribution >= 0.6 is 0 Å². The van der Waals surface area contributed by atoms with E-state index >= 15 is 0 Å². The lowest BCUT2D eigenvalue weighted by Gasteiger charge is -2.28. The highest BCUT2D eigenvalue weighted by Crippen LogP contribution is 2.26. The molecule has 25 heavy (non-hydrogen) atoms. The average molecular weight is 330 g/mol. The molecule has 0 spiro atoms. The van der Waals surface area contributed by atoms with Crippen molar-refractivity contribution >= 4 is 17.2 Å². The molecule has 0 bridgehead atoms. The monoisotopic (exact) mass is 330 g/mol. The van der Waals surface area contributed by atoms with Gasteiger partial charge in [-0.3, -0.25) is 4.68 Å². The molecule has 0 saturated carbocycles. The molecule has 0 aliphatic carbocycles. The topological polar surface area (TPSA) is 69.2 Å². The predicted octanol–water partition coefficient (Wildman–Crippen LogP) is 3.46. The molecule has 0 radical (unpaired) electrons. The number of benzene rings is 1. The SMILES string of the molecule is C=C1C(Nc2ccc(C#N)cc2)=NC=CN1/C(=C\C)c1cnn(C)c1. The number of amidine groups is 1. The Balaban J connectivity index is 1.82. The van der Waals surface area contributed by atoms with Gasteiger partial charge in [-0.25, -0.2) is 4.99 Å². The summed E-state index contributed by atoms with van der Waals surface area (Å²) < 4.78 is 1.76. The Morgan fingerprint density at radius 2 is 2.08 bits per heavy atom. The smallest absolute Gasteiger partial charge is 0.154 e. The summed E-state index contributed by atoms with van der Waals surface area (Å²) in [5, 5.41) is 16.4. The van der Waals surface area contributed by atoms with E-state index in [2.05, 4.69) is 28.1 Å². The van der Waals surface area contributed by atoms with Crippen LogP contribution < -0.4 is 5.32 Å². The summed E-state index contributed by atoms with van der Waals surface area (Å²) in [6.45, 7) is 6.14. The van der Waals surface area contributed by atoms with Gasteiger partial charge in [0.1, 0.15) is 0 Å². The number of nitrogens with zero attached hydrogens (tertiary/aromatic N) is 5. The second kappa shape index (κ2) is 6.89. The van der Waals surface area contributed by atoms with E-state index in [0.717, 1.165) is 22.6 Å². The maximum atomic E-state index is 8.89. The summed E-state index contributed by atoms with van der Waals surface area (Å²) in [5.74, 6) is 0.649. The van der Waals surface area contributed by atoms with Gasteiger partial charge in [0.2, 0.25) is 0 Å². The molecule has 0 saturated heterocycles. The third-order valence-corrected chi connectivity index (χ3v) is 3.79. The number of allylic oxidation sites excluding steroid dienone is 1. The molecule has 1 aromatic carbocycles. The molecule has 0 atom stereocenters. The number of anilines is 1. The first-order valence-electron chi connectivity index (χ1n) is 7.78. The van der Waals surface area contributed by atoms with Crippen molar-refractivity contribution in [1.82, 2.24) is 14.7 Å². The van der Waals surface area contributed by atoms with Crippen molar-refractivity contribution < 1.29 is 0 Å². The van der Waals surface area contributed by atoms with Crippen molar-refractivity contribution in [1.29, 1.82) is 5.26 Å². The van der Waals surface area contributed by atoms with Gasteiger partial charge in [0.05, 0.1) is 29.2 Å². The largest absolute Gasteiger partial charge is 0.339 e. The number of aliphatic imine (C=N–C) groups is 1. The molecule has 1 aliphatic heterocycles. The van der Waals surface area contributed by atoms with Gasteiger partial charge in [0.15, 0.2) is 5.84 Å². The molecule has 2 heterocycles. The minimum Gasteiger partial charge on any atom is -0.339 e. The molecule has 6 nitrogen and oxygen atoms in total. The highest BCUT2D eigenvalue weighted by Gasteiger charge is 2.20. The third-order valence-electron chi connectivity index (χ3n) is 3.79. The first-order chi connectivity index (χ1) is 12.1. The van der Waals surface area contributed by atoms with Crippen LogP contribution in [-0.4, -0.2) is 20.5 Å². The zero-order valence-electron chi connectivity index (χ0n) is 14.1. The molecule has 2 aromatic rings. The quantitative estimate of drug-likeness (QED) is 0.935. The standard InChI is InChI=1S/C19H18N6/c1-4-18(16-12-22-24(3)13-16)25-10-9-21-19(14(25)2)23-17-7-5-15(11-20)6-8-17/h4-10,12-13H,2H2,1,3H3,(H,21,23)/b18-4-. The Labute approximate surface area is 146 Å². The minimum absolute atomic E-state index is 0.615. The summed E-state index contributed by atoms with van der Waals surface area (Å²) in [4.78, 5) is 6.35. The number of rotatable bonds is 3. The van der Waals surface area contributed by atoms with Crippen LogP contribution in [0, 0.1) is 11.3 Å². The molecular weight excluding hydrogens is 312 g/mol. The zero-order valence-corrected chi connectivity index (χ0v) is 14.1. The molecule has 6 heteroatoms. The Hall–Kier alpha value is -3.59. The molecular formula is C19H18N6. The Morgan fingerprint density at radius 3 is 2.68 bits per heavy atom. The fourth-order valence-electron chi connectivity index (χ4n) is 2.55. The van der Waals surface area contributed by atoms with Crippen molar-refractivity contribution in [3.05, 3.63) is 78.5 Å². The first kappa shape index (κ1) is 16.3. The van der Waals surface area contributed by atoms with Crippen LogP contribution in [-0.2, 0) is 7.05 Å². The van der Waals surface area contributed by atoms with E-state index in [9.17, 15) is 0 Å². The number of hydrogen-bond donors (Lipinski definition) is 1. The molecule has 3 rings (SSSR count). The van der Waals surface area contributed by atoms with Gasteiger partial charge in [-0.15, -0.1) is 0 Å². The van der Waals surface area contributed by atoms with Crippen molar-refractivity contribution in [2.45, 2.75) is 6.92 Å². The number of hydrogen-bond acceptors (Lipinski definition) is 5. The summed E-state index contributed by atoms with van der Waals surface area (Å²) in [7, 11) is 1.89. The number of nitriles is 1. The molecule has 0 fully saturated rings. The van der Waals surface area contributed by atoms with E-state index in [1.165, 1.54) is 0 Å². The zero-order chi connectivity index (χ0) is 17.8. The fraction of sp³-hybridized carbons (Fsp3) is 0.105. The number of aryl methyl sites for hydroxylation is 1. The van der Waals surface area contributed by atoms with E-state index in [-0.39, 0.29) is 0 Å². The molecule has 1 aromatic heterocycles. The molecule has 1 N–H and O–H groups in total. The summed E-state index contributed by atoms with van der Waals surface area (Å²) >= 11 is 0. The van der Waals surface area contributed by atoms with Gasteiger partial charge >= 0.3 is 0 Å². The molecule has 0 amide bonds. The maximum absolute atomic E-state index is 8.89. The van der Waals surface area contributed by atoms with Crippen LogP contribution in [0.25, 0.3) is 5.70 Å². The molecule has 124 valence electrons. The summed E-state index contributed by atoms with van der Waals surface area (Å²) in [5.41, 5.74) is 4.16. The summed E-state index contributed by atoms with van der Waals surface area (Å²) in [6.07, 6.45) is 9.37. The third kappa shape index (κ3) is 3.35. The van der Waals surface area contributed by atoms with Crippen molar-refractivity contribution in [3.8, 4) is 6.07 Å². The second-order valence-electron chi connectivity index (χ2n) is 5.48. The lowest BCUT2D eigenvalue weighted by Crippen LogP contribution is -2.27. The lowest BCUT2D eigenvalue weighted by atomic mass is 10.2. The Kier molecular flexibility index (Phi) is 4.48. The Bertz CT molecular complexity index is 922. The number of nitrogens with one attached hydrogen (secondary N) is 1. The average Bonchev–Trinajstić information content (AvgIpc) is 3.05. The number of aromatic nitrogens is 2. The first-order valence-corrected chi connectivity index (χ1v) is 7.78. The van der Waals surface area contributed by atoms with E-state index in [4.69, 9.17) is 5.26 Å². The van der Waals surface area contributed by atoms with Crippen molar-refractivity contribution in [3.63, 3.8) is 0 Å². The fourth-order valence-corrected chi connectivity index (χ4v) is 2.55. The van der Waals surface area contributed by atoms with Gasteiger partial charge < -0.3 is 10.2 Å². The van der Waals surface area contributed by atoms with E-state index < -0.39 is 0 Å². The van der Waals surface area contributed by atoms with Crippen LogP contribution in [0.15, 0.2) is 72.4 Å². The van der Waals surface area contributed by atoms with Crippen LogP contribution in [0.1, 0.15) is 18.1 Å². The predicted molar refractivity (Wildman–Crippen MR) is 99.2 cm³/mol. The van der Waals surface area contributed by atoms with Crippen LogP contribution in [0.5, 0.6) is 0 Å². The minimum atomic E-state index is 0.615. The van der Waals surface area contributed by atoms with E-state index in [1.54, 1.807) is 23.0 Å². The van der Waals surface area contributed by atoms with E-state index in [1.807, 2.05) is 55.7 Å². The van der Waals surface area contributed by atoms with Crippen LogP contribution in [0.4, 0.5) is 5.69 Å². The van der Waals surface area contributed by atoms with Gasteiger partial charge in [-0.05, 0) is 31.2 Å². The maximum Gasteiger partial charge on any atom is 0.154 e. The van der Waals surface area contributed by atoms with Gasteiger partial charge in [-0.1, -0.05) is 12.7 Å². The van der Waals surface area contributed by atoms with Crippen molar-refractivity contribution in [2.24, 2.45) is 12.0 Å². The highest BCUT2D eigenvalue weighted by molar-refractivity contribution is 6.09. The summed E-state index contributed by atoms with van der Waals surface area (Å²) in [6, 6.07) is 9.31. The van der Waals surface area contributed by atoms with Gasteiger partial charge in [0.25, 0.3) is 0 Å². The highest BCUT2D eigenvalue weighted by atomic mass is 15.3. The van der Waals surface area contributed by atoms with Crippen LogP contribution in [0.3, 0.4) is 0 Å². The van der Waals surface area contributed by atoms with Gasteiger partial charge in [-0.2, -0.15) is 10.4 Å². The Morgan fingerprint density at radius 1 is 1.32 bits per heavy atom. The normalized spacial score (nSPS) is 14.3. The van der Waals surface area contributed by atoms with Crippen molar-refractivity contribution in [2.75, 3.05) is 5.32 Å². The van der Waals surface area contributed by atoms with Crippen LogP contribution in [0.2, 0.25) is 0 Å². The second-order valence-corrected chi connectivity index (χ2v) is 5.48. The lowest BCUT2D eigenvalue weighted by molar-refractivity contribution is 0.683. The van der Waals surface area contributed by atoms with E-state index in [0.29, 0.717) is 11.4 Å². The molecule has 0 unspecified atom stereocenters. The molecule has 1 aliphatic rings. The van der Waals surface area contributed by atoms with Gasteiger partial charge in [0, 0.05) is 36.9 Å².